The molecule has 0 atom stereocenters. The van der Waals surface area contributed by atoms with Crippen molar-refractivity contribution in [3.8, 4) is 0 Å². The molecule has 7 heteroatoms. The van der Waals surface area contributed by atoms with Gasteiger partial charge in [-0.1, -0.05) is 6.08 Å². The molecule has 1 aliphatic carbocycles. The van der Waals surface area contributed by atoms with Crippen molar-refractivity contribution in [2.75, 3.05) is 0 Å². The lowest BCUT2D eigenvalue weighted by Crippen LogP contribution is -2.13. The van der Waals surface area contributed by atoms with E-state index in [1.54, 1.807) is 5.38 Å². The maximum atomic E-state index is 12.0. The Balaban J connectivity index is 2.11. The Morgan fingerprint density at radius 2 is 2.11 bits per heavy atom. The number of thiazole rings is 1. The van der Waals surface area contributed by atoms with Crippen LogP contribution in [0.4, 0.5) is 13.2 Å². The first-order valence-corrected chi connectivity index (χ1v) is 5.92. The molecular formula is C11H8F3NO2S. The molecule has 0 fully saturated rings. The molecule has 0 radical (unpaired) electrons. The average Bonchev–Trinajstić information content (AvgIpc) is 2.76. The summed E-state index contributed by atoms with van der Waals surface area (Å²) in [6.07, 6.45) is -0.609. The SMILES string of the molecule is O=Cc1csc(C2=CC=C(OC(F)(F)F)CC2)n1. The van der Waals surface area contributed by atoms with Crippen LogP contribution in [0.2, 0.25) is 0 Å². The fourth-order valence-electron chi connectivity index (χ4n) is 1.52. The summed E-state index contributed by atoms with van der Waals surface area (Å²) < 4.78 is 39.8. The van der Waals surface area contributed by atoms with Gasteiger partial charge in [0.15, 0.2) is 6.29 Å². The van der Waals surface area contributed by atoms with Gasteiger partial charge in [-0.05, 0) is 18.1 Å². The molecule has 1 aromatic heterocycles. The maximum Gasteiger partial charge on any atom is 0.572 e. The summed E-state index contributed by atoms with van der Waals surface area (Å²) in [6, 6.07) is 0. The lowest BCUT2D eigenvalue weighted by molar-refractivity contribution is -0.306. The largest absolute Gasteiger partial charge is 0.572 e. The van der Waals surface area contributed by atoms with E-state index in [1.807, 2.05) is 0 Å². The molecule has 0 amide bonds. The second kappa shape index (κ2) is 4.93. The quantitative estimate of drug-likeness (QED) is 0.792. The number of aromatic nitrogens is 1. The van der Waals surface area contributed by atoms with Gasteiger partial charge in [0, 0.05) is 11.8 Å². The van der Waals surface area contributed by atoms with Crippen molar-refractivity contribution < 1.29 is 22.7 Å². The highest BCUT2D eigenvalue weighted by Gasteiger charge is 2.32. The van der Waals surface area contributed by atoms with Gasteiger partial charge in [0.1, 0.15) is 16.5 Å². The minimum absolute atomic E-state index is 0.113. The van der Waals surface area contributed by atoms with Crippen LogP contribution < -0.4 is 0 Å². The number of carbonyl (C=O) groups excluding carboxylic acids is 1. The highest BCUT2D eigenvalue weighted by Crippen LogP contribution is 2.31. The molecule has 96 valence electrons. The summed E-state index contributed by atoms with van der Waals surface area (Å²) in [4.78, 5) is 14.5. The topological polar surface area (TPSA) is 39.2 Å². The molecule has 3 nitrogen and oxygen atoms in total. The molecule has 0 saturated carbocycles. The summed E-state index contributed by atoms with van der Waals surface area (Å²) in [5.41, 5.74) is 1.14. The number of carbonyl (C=O) groups is 1. The van der Waals surface area contributed by atoms with Crippen molar-refractivity contribution in [2.24, 2.45) is 0 Å². The molecule has 18 heavy (non-hydrogen) atoms. The third kappa shape index (κ3) is 3.19. The van der Waals surface area contributed by atoms with E-state index >= 15 is 0 Å². The van der Waals surface area contributed by atoms with Gasteiger partial charge >= 0.3 is 6.36 Å². The zero-order chi connectivity index (χ0) is 13.2. The van der Waals surface area contributed by atoms with Gasteiger partial charge in [-0.2, -0.15) is 0 Å². The molecule has 0 bridgehead atoms. The van der Waals surface area contributed by atoms with Crippen LogP contribution in [-0.4, -0.2) is 17.6 Å². The van der Waals surface area contributed by atoms with E-state index in [2.05, 4.69) is 9.72 Å². The second-order valence-corrected chi connectivity index (χ2v) is 4.43. The van der Waals surface area contributed by atoms with Crippen LogP contribution in [0.15, 0.2) is 23.3 Å². The highest BCUT2D eigenvalue weighted by molar-refractivity contribution is 7.10. The number of rotatable bonds is 3. The number of nitrogens with zero attached hydrogens (tertiary/aromatic N) is 1. The first-order valence-electron chi connectivity index (χ1n) is 5.04. The monoisotopic (exact) mass is 275 g/mol. The normalized spacial score (nSPS) is 15.9. The Morgan fingerprint density at radius 1 is 1.33 bits per heavy atom. The summed E-state index contributed by atoms with van der Waals surface area (Å²) >= 11 is 1.29. The summed E-state index contributed by atoms with van der Waals surface area (Å²) in [6.45, 7) is 0. The number of halogens is 3. The zero-order valence-electron chi connectivity index (χ0n) is 9.03. The van der Waals surface area contributed by atoms with Gasteiger partial charge in [0.2, 0.25) is 0 Å². The number of hydrogen-bond donors (Lipinski definition) is 0. The van der Waals surface area contributed by atoms with Crippen molar-refractivity contribution >= 4 is 23.2 Å². The Kier molecular flexibility index (Phi) is 3.51. The fraction of sp³-hybridized carbons (Fsp3) is 0.273. The standard InChI is InChI=1S/C11H8F3NO2S/c12-11(13,14)17-9-3-1-7(2-4-9)10-15-8(5-16)6-18-10/h1,3,5-6H,2,4H2. The molecule has 0 aliphatic heterocycles. The predicted molar refractivity (Wildman–Crippen MR) is 59.9 cm³/mol. The summed E-state index contributed by atoms with van der Waals surface area (Å²) in [7, 11) is 0. The molecule has 2 rings (SSSR count). The number of ether oxygens (including phenoxy) is 1. The Morgan fingerprint density at radius 3 is 2.61 bits per heavy atom. The van der Waals surface area contributed by atoms with E-state index in [1.165, 1.54) is 23.5 Å². The van der Waals surface area contributed by atoms with Crippen molar-refractivity contribution in [1.29, 1.82) is 0 Å². The van der Waals surface area contributed by atoms with Crippen molar-refractivity contribution in [3.63, 3.8) is 0 Å². The van der Waals surface area contributed by atoms with Crippen LogP contribution in [0.25, 0.3) is 5.57 Å². The minimum Gasteiger partial charge on any atom is -0.410 e. The zero-order valence-corrected chi connectivity index (χ0v) is 9.85. The molecular weight excluding hydrogens is 267 g/mol. The van der Waals surface area contributed by atoms with Crippen LogP contribution in [0.5, 0.6) is 0 Å². The molecule has 1 aromatic rings. The predicted octanol–water partition coefficient (Wildman–Crippen LogP) is 3.55. The molecule has 0 spiro atoms. The van der Waals surface area contributed by atoms with E-state index in [4.69, 9.17) is 0 Å². The number of allylic oxidation sites excluding steroid dienone is 4. The molecule has 1 heterocycles. The third-order valence-electron chi connectivity index (χ3n) is 2.28. The third-order valence-corrected chi connectivity index (χ3v) is 3.21. The second-order valence-electron chi connectivity index (χ2n) is 3.57. The van der Waals surface area contributed by atoms with Crippen molar-refractivity contribution in [2.45, 2.75) is 19.2 Å². The lowest BCUT2D eigenvalue weighted by Gasteiger charge is -2.15. The number of alkyl halides is 3. The Labute approximate surface area is 105 Å². The van der Waals surface area contributed by atoms with Gasteiger partial charge in [-0.25, -0.2) is 4.98 Å². The smallest absolute Gasteiger partial charge is 0.410 e. The lowest BCUT2D eigenvalue weighted by atomic mass is 10.0. The van der Waals surface area contributed by atoms with Crippen LogP contribution >= 0.6 is 11.3 Å². The fourth-order valence-corrected chi connectivity index (χ4v) is 2.34. The Hall–Kier alpha value is -1.63. The van der Waals surface area contributed by atoms with E-state index in [0.717, 1.165) is 5.57 Å². The van der Waals surface area contributed by atoms with E-state index in [-0.39, 0.29) is 12.2 Å². The van der Waals surface area contributed by atoms with E-state index in [9.17, 15) is 18.0 Å². The van der Waals surface area contributed by atoms with Gasteiger partial charge in [0.05, 0.1) is 0 Å². The van der Waals surface area contributed by atoms with Crippen LogP contribution in [-0.2, 0) is 4.74 Å². The average molecular weight is 275 g/mol. The van der Waals surface area contributed by atoms with E-state index in [0.29, 0.717) is 23.4 Å². The first kappa shape index (κ1) is 12.8. The molecule has 0 aromatic carbocycles. The molecule has 1 aliphatic rings. The van der Waals surface area contributed by atoms with Crippen LogP contribution in [0, 0.1) is 0 Å². The maximum absolute atomic E-state index is 12.0. The summed E-state index contributed by atoms with van der Waals surface area (Å²) in [5.74, 6) is -0.113. The van der Waals surface area contributed by atoms with Gasteiger partial charge < -0.3 is 4.74 Å². The molecule has 0 unspecified atom stereocenters. The summed E-state index contributed by atoms with van der Waals surface area (Å²) in [5, 5.41) is 2.26. The number of hydrogen-bond acceptors (Lipinski definition) is 4. The first-order chi connectivity index (χ1) is 8.48. The minimum atomic E-state index is -4.65. The van der Waals surface area contributed by atoms with Gasteiger partial charge in [-0.3, -0.25) is 4.79 Å². The Bertz CT molecular complexity index is 517. The van der Waals surface area contributed by atoms with Crippen LogP contribution in [0.3, 0.4) is 0 Å². The van der Waals surface area contributed by atoms with Crippen molar-refractivity contribution in [3.05, 3.63) is 34.0 Å². The van der Waals surface area contributed by atoms with Crippen LogP contribution in [0.1, 0.15) is 28.3 Å². The number of aldehydes is 1. The van der Waals surface area contributed by atoms with E-state index < -0.39 is 6.36 Å². The highest BCUT2D eigenvalue weighted by atomic mass is 32.1. The van der Waals surface area contributed by atoms with Gasteiger partial charge in [-0.15, -0.1) is 24.5 Å². The molecule has 0 saturated heterocycles. The van der Waals surface area contributed by atoms with Gasteiger partial charge in [0.25, 0.3) is 0 Å². The van der Waals surface area contributed by atoms with Crippen molar-refractivity contribution in [1.82, 2.24) is 4.98 Å². The molecule has 0 N–H and O–H groups in total.